The lowest BCUT2D eigenvalue weighted by Gasteiger charge is -2.28. The summed E-state index contributed by atoms with van der Waals surface area (Å²) < 4.78 is 0. The number of halogens is 1. The second-order valence-corrected chi connectivity index (χ2v) is 6.75. The topological polar surface area (TPSA) is 20.3 Å². The average molecular weight is 318 g/mol. The van der Waals surface area contributed by atoms with Crippen molar-refractivity contribution in [2.24, 2.45) is 5.92 Å². The molecule has 4 heteroatoms. The first-order valence-corrected chi connectivity index (χ1v) is 7.66. The van der Waals surface area contributed by atoms with E-state index in [4.69, 9.17) is 0 Å². The maximum Gasteiger partial charge on any atom is 0.236 e. The Hall–Kier alpha value is -0.350. The van der Waals surface area contributed by atoms with Crippen molar-refractivity contribution in [2.45, 2.75) is 38.1 Å². The number of carbonyl (C=O) groups excluding carboxylic acids is 1. The van der Waals surface area contributed by atoms with Crippen molar-refractivity contribution in [2.75, 3.05) is 7.05 Å². The molecule has 0 fully saturated rings. The normalized spacial score (nSPS) is 14.7. The van der Waals surface area contributed by atoms with Crippen molar-refractivity contribution < 1.29 is 4.79 Å². The minimum Gasteiger partial charge on any atom is -0.342 e. The van der Waals surface area contributed by atoms with Crippen LogP contribution >= 0.6 is 27.3 Å². The van der Waals surface area contributed by atoms with Gasteiger partial charge in [0.15, 0.2) is 0 Å². The molecule has 1 aromatic rings. The van der Waals surface area contributed by atoms with E-state index in [1.54, 1.807) is 11.3 Å². The number of nitrogens with zero attached hydrogens (tertiary/aromatic N) is 1. The zero-order valence-corrected chi connectivity index (χ0v) is 13.2. The standard InChI is InChI=1S/C13H20BrNOS/c1-9(2)12(14)13(16)15(4)10(3)8-11-6-5-7-17-11/h5-7,9-10,12H,8H2,1-4H3. The van der Waals surface area contributed by atoms with Crippen molar-refractivity contribution in [1.29, 1.82) is 0 Å². The Labute approximate surface area is 116 Å². The number of hydrogen-bond donors (Lipinski definition) is 0. The summed E-state index contributed by atoms with van der Waals surface area (Å²) in [4.78, 5) is 15.2. The van der Waals surface area contributed by atoms with E-state index in [1.807, 2.05) is 11.9 Å². The highest BCUT2D eigenvalue weighted by molar-refractivity contribution is 9.10. The monoisotopic (exact) mass is 317 g/mol. The Balaban J connectivity index is 2.57. The zero-order chi connectivity index (χ0) is 13.0. The lowest BCUT2D eigenvalue weighted by Crippen LogP contribution is -2.42. The third-order valence-corrected chi connectivity index (χ3v) is 5.25. The summed E-state index contributed by atoms with van der Waals surface area (Å²) in [5, 5.41) is 2.07. The van der Waals surface area contributed by atoms with Gasteiger partial charge in [0.2, 0.25) is 5.91 Å². The maximum absolute atomic E-state index is 12.1. The van der Waals surface area contributed by atoms with Crippen LogP contribution in [0, 0.1) is 5.92 Å². The van der Waals surface area contributed by atoms with Gasteiger partial charge in [-0.05, 0) is 24.3 Å². The third-order valence-electron chi connectivity index (χ3n) is 2.91. The first-order chi connectivity index (χ1) is 7.93. The summed E-state index contributed by atoms with van der Waals surface area (Å²) >= 11 is 5.21. The van der Waals surface area contributed by atoms with Crippen LogP contribution in [0.15, 0.2) is 17.5 Å². The fourth-order valence-electron chi connectivity index (χ4n) is 1.55. The van der Waals surface area contributed by atoms with Gasteiger partial charge in [-0.25, -0.2) is 0 Å². The molecule has 1 rings (SSSR count). The highest BCUT2D eigenvalue weighted by atomic mass is 79.9. The Morgan fingerprint density at radius 3 is 2.59 bits per heavy atom. The van der Waals surface area contributed by atoms with E-state index in [9.17, 15) is 4.79 Å². The lowest BCUT2D eigenvalue weighted by molar-refractivity contribution is -0.131. The van der Waals surface area contributed by atoms with Gasteiger partial charge in [0.05, 0.1) is 4.83 Å². The van der Waals surface area contributed by atoms with E-state index in [0.29, 0.717) is 5.92 Å². The van der Waals surface area contributed by atoms with Crippen molar-refractivity contribution >= 4 is 33.2 Å². The molecule has 0 bridgehead atoms. The first-order valence-electron chi connectivity index (χ1n) is 5.86. The second-order valence-electron chi connectivity index (χ2n) is 4.73. The Morgan fingerprint density at radius 1 is 1.47 bits per heavy atom. The Kier molecular flexibility index (Phi) is 5.67. The Bertz CT molecular complexity index is 350. The summed E-state index contributed by atoms with van der Waals surface area (Å²) in [6.07, 6.45) is 0.928. The second kappa shape index (κ2) is 6.55. The maximum atomic E-state index is 12.1. The van der Waals surface area contributed by atoms with Crippen LogP contribution in [0.1, 0.15) is 25.6 Å². The smallest absolute Gasteiger partial charge is 0.236 e. The molecule has 0 N–H and O–H groups in total. The van der Waals surface area contributed by atoms with Crippen molar-refractivity contribution in [3.8, 4) is 0 Å². The van der Waals surface area contributed by atoms with Gasteiger partial charge in [0, 0.05) is 24.4 Å². The summed E-state index contributed by atoms with van der Waals surface area (Å²) in [5.41, 5.74) is 0. The van der Waals surface area contributed by atoms with Crippen LogP contribution < -0.4 is 0 Å². The van der Waals surface area contributed by atoms with Gasteiger partial charge in [-0.3, -0.25) is 4.79 Å². The van der Waals surface area contributed by atoms with Gasteiger partial charge in [0.1, 0.15) is 0 Å². The highest BCUT2D eigenvalue weighted by Crippen LogP contribution is 2.18. The number of thiophene rings is 1. The minimum atomic E-state index is -0.0849. The summed E-state index contributed by atoms with van der Waals surface area (Å²) in [6.45, 7) is 6.20. The first kappa shape index (κ1) is 14.7. The predicted molar refractivity (Wildman–Crippen MR) is 77.8 cm³/mol. The molecule has 0 aliphatic heterocycles. The van der Waals surface area contributed by atoms with E-state index in [-0.39, 0.29) is 16.8 Å². The molecular weight excluding hydrogens is 298 g/mol. The molecular formula is C13H20BrNOS. The van der Waals surface area contributed by atoms with Crippen molar-refractivity contribution in [3.05, 3.63) is 22.4 Å². The molecule has 0 aliphatic carbocycles. The van der Waals surface area contributed by atoms with Crippen LogP contribution in [0.3, 0.4) is 0 Å². The largest absolute Gasteiger partial charge is 0.342 e. The van der Waals surface area contributed by atoms with E-state index < -0.39 is 0 Å². The van der Waals surface area contributed by atoms with E-state index in [0.717, 1.165) is 6.42 Å². The summed E-state index contributed by atoms with van der Waals surface area (Å²) in [5.74, 6) is 0.489. The van der Waals surface area contributed by atoms with Crippen LogP contribution in [-0.4, -0.2) is 28.7 Å². The molecule has 0 radical (unpaired) electrons. The molecule has 96 valence electrons. The van der Waals surface area contributed by atoms with Gasteiger partial charge < -0.3 is 4.90 Å². The van der Waals surface area contributed by atoms with Gasteiger partial charge >= 0.3 is 0 Å². The number of likely N-dealkylation sites (N-methyl/N-ethyl adjacent to an activating group) is 1. The number of alkyl halides is 1. The van der Waals surface area contributed by atoms with Crippen LogP contribution in [0.2, 0.25) is 0 Å². The predicted octanol–water partition coefficient (Wildman–Crippen LogP) is 3.56. The molecule has 0 aliphatic rings. The Morgan fingerprint density at radius 2 is 2.12 bits per heavy atom. The van der Waals surface area contributed by atoms with E-state index >= 15 is 0 Å². The molecule has 2 unspecified atom stereocenters. The number of hydrogen-bond acceptors (Lipinski definition) is 2. The van der Waals surface area contributed by atoms with Gasteiger partial charge in [0.25, 0.3) is 0 Å². The zero-order valence-electron chi connectivity index (χ0n) is 10.8. The molecule has 2 nitrogen and oxygen atoms in total. The molecule has 0 aromatic carbocycles. The van der Waals surface area contributed by atoms with Crippen molar-refractivity contribution in [3.63, 3.8) is 0 Å². The number of carbonyl (C=O) groups is 1. The quantitative estimate of drug-likeness (QED) is 0.760. The summed E-state index contributed by atoms with van der Waals surface area (Å²) in [7, 11) is 1.89. The van der Waals surface area contributed by atoms with Crippen LogP contribution in [-0.2, 0) is 11.2 Å². The molecule has 0 saturated carbocycles. The molecule has 1 aromatic heterocycles. The van der Waals surface area contributed by atoms with Crippen molar-refractivity contribution in [1.82, 2.24) is 4.90 Å². The minimum absolute atomic E-state index is 0.0849. The summed E-state index contributed by atoms with van der Waals surface area (Å²) in [6, 6.07) is 4.41. The lowest BCUT2D eigenvalue weighted by atomic mass is 10.1. The van der Waals surface area contributed by atoms with E-state index in [2.05, 4.69) is 54.2 Å². The molecule has 0 saturated heterocycles. The number of amides is 1. The van der Waals surface area contributed by atoms with Crippen LogP contribution in [0.5, 0.6) is 0 Å². The molecule has 1 heterocycles. The van der Waals surface area contributed by atoms with Crippen LogP contribution in [0.25, 0.3) is 0 Å². The highest BCUT2D eigenvalue weighted by Gasteiger charge is 2.25. The molecule has 2 atom stereocenters. The fourth-order valence-corrected chi connectivity index (χ4v) is 2.70. The SMILES string of the molecule is CC(C)C(Br)C(=O)N(C)C(C)Cc1cccs1. The fraction of sp³-hybridized carbons (Fsp3) is 0.615. The molecule has 1 amide bonds. The van der Waals surface area contributed by atoms with Crippen LogP contribution in [0.4, 0.5) is 0 Å². The third kappa shape index (κ3) is 4.11. The molecule has 0 spiro atoms. The van der Waals surface area contributed by atoms with E-state index in [1.165, 1.54) is 4.88 Å². The average Bonchev–Trinajstić information content (AvgIpc) is 2.78. The van der Waals surface area contributed by atoms with Gasteiger partial charge in [-0.15, -0.1) is 11.3 Å². The van der Waals surface area contributed by atoms with Gasteiger partial charge in [-0.2, -0.15) is 0 Å². The molecule has 17 heavy (non-hydrogen) atoms. The van der Waals surface area contributed by atoms with Gasteiger partial charge in [-0.1, -0.05) is 35.8 Å². The number of rotatable bonds is 5.